The maximum absolute atomic E-state index is 11.6. The third-order valence-electron chi connectivity index (χ3n) is 2.30. The van der Waals surface area contributed by atoms with Crippen molar-refractivity contribution in [3.63, 3.8) is 0 Å². The van der Waals surface area contributed by atoms with Crippen molar-refractivity contribution in [2.24, 2.45) is 0 Å². The molecule has 0 aliphatic rings. The Bertz CT molecular complexity index is 592. The summed E-state index contributed by atoms with van der Waals surface area (Å²) in [5.74, 6) is 0.0684. The normalized spacial score (nSPS) is 9.95. The van der Waals surface area contributed by atoms with Crippen LogP contribution in [0.3, 0.4) is 0 Å². The number of nitrogens with zero attached hydrogens (tertiary/aromatic N) is 2. The summed E-state index contributed by atoms with van der Waals surface area (Å²) in [5.41, 5.74) is 0.990. The number of hydrogen-bond acceptors (Lipinski definition) is 5. The number of ether oxygens (including phenoxy) is 2. The van der Waals surface area contributed by atoms with Crippen molar-refractivity contribution in [2.45, 2.75) is 6.92 Å². The number of carbonyl (C=O) groups is 1. The van der Waals surface area contributed by atoms with E-state index in [9.17, 15) is 4.79 Å². The second-order valence-electron chi connectivity index (χ2n) is 3.59. The van der Waals surface area contributed by atoms with Crippen LogP contribution >= 0.6 is 0 Å². The zero-order valence-corrected chi connectivity index (χ0v) is 10.4. The van der Waals surface area contributed by atoms with Crippen LogP contribution in [0.5, 0.6) is 11.6 Å². The first-order chi connectivity index (χ1) is 9.24. The standard InChI is InChI=1S/C13H13N3O3/c1-3-9-6-5-7-10(8-9)19-12-11(14-16-15-12)13(17)18-4-2/h3,5-8H,1,4H2,2H3,(H,14,15,16). The van der Waals surface area contributed by atoms with Crippen molar-refractivity contribution in [1.82, 2.24) is 15.4 Å². The molecule has 2 rings (SSSR count). The number of rotatable bonds is 5. The molecular weight excluding hydrogens is 246 g/mol. The second-order valence-corrected chi connectivity index (χ2v) is 3.59. The maximum atomic E-state index is 11.6. The number of aromatic nitrogens is 3. The average Bonchev–Trinajstić information content (AvgIpc) is 2.87. The molecule has 1 N–H and O–H groups in total. The monoisotopic (exact) mass is 259 g/mol. The second kappa shape index (κ2) is 5.81. The van der Waals surface area contributed by atoms with Gasteiger partial charge in [-0.3, -0.25) is 0 Å². The SMILES string of the molecule is C=Cc1cccc(Oc2nn[nH]c2C(=O)OCC)c1. The summed E-state index contributed by atoms with van der Waals surface area (Å²) < 4.78 is 10.4. The van der Waals surface area contributed by atoms with Crippen LogP contribution in [-0.4, -0.2) is 28.0 Å². The number of hydrogen-bond donors (Lipinski definition) is 1. The minimum atomic E-state index is -0.553. The van der Waals surface area contributed by atoms with Crippen LogP contribution < -0.4 is 4.74 Å². The summed E-state index contributed by atoms with van der Waals surface area (Å²) in [5, 5.41) is 9.72. The lowest BCUT2D eigenvalue weighted by molar-refractivity contribution is 0.0516. The lowest BCUT2D eigenvalue weighted by Gasteiger charge is -2.04. The van der Waals surface area contributed by atoms with Gasteiger partial charge in [-0.15, -0.1) is 0 Å². The van der Waals surface area contributed by atoms with Crippen molar-refractivity contribution in [1.29, 1.82) is 0 Å². The molecule has 6 nitrogen and oxygen atoms in total. The molecule has 0 amide bonds. The number of carbonyl (C=O) groups excluding carboxylic acids is 1. The van der Waals surface area contributed by atoms with Gasteiger partial charge in [-0.25, -0.2) is 9.89 Å². The van der Waals surface area contributed by atoms with Gasteiger partial charge in [0.25, 0.3) is 5.88 Å². The molecule has 0 bridgehead atoms. The van der Waals surface area contributed by atoms with Gasteiger partial charge in [-0.1, -0.05) is 35.1 Å². The van der Waals surface area contributed by atoms with E-state index in [1.807, 2.05) is 12.1 Å². The van der Waals surface area contributed by atoms with Gasteiger partial charge in [0.05, 0.1) is 6.61 Å². The molecule has 0 saturated carbocycles. The van der Waals surface area contributed by atoms with Crippen molar-refractivity contribution in [3.05, 3.63) is 42.1 Å². The molecule has 0 aliphatic carbocycles. The molecule has 1 aromatic carbocycles. The molecule has 0 fully saturated rings. The van der Waals surface area contributed by atoms with Crippen LogP contribution in [0.15, 0.2) is 30.8 Å². The fraction of sp³-hybridized carbons (Fsp3) is 0.154. The zero-order chi connectivity index (χ0) is 13.7. The van der Waals surface area contributed by atoms with Gasteiger partial charge in [0.15, 0.2) is 0 Å². The van der Waals surface area contributed by atoms with Crippen molar-refractivity contribution in [2.75, 3.05) is 6.61 Å². The van der Waals surface area contributed by atoms with Crippen molar-refractivity contribution < 1.29 is 14.3 Å². The Morgan fingerprint density at radius 1 is 1.53 bits per heavy atom. The molecule has 1 aromatic heterocycles. The Balaban J connectivity index is 2.21. The van der Waals surface area contributed by atoms with Crippen molar-refractivity contribution in [3.8, 4) is 11.6 Å². The Morgan fingerprint density at radius 3 is 3.11 bits per heavy atom. The summed E-state index contributed by atoms with van der Waals surface area (Å²) in [4.78, 5) is 11.6. The fourth-order valence-electron chi connectivity index (χ4n) is 1.44. The highest BCUT2D eigenvalue weighted by atomic mass is 16.5. The Morgan fingerprint density at radius 2 is 2.37 bits per heavy atom. The fourth-order valence-corrected chi connectivity index (χ4v) is 1.44. The lowest BCUT2D eigenvalue weighted by Crippen LogP contribution is -2.06. The predicted octanol–water partition coefficient (Wildman–Crippen LogP) is 2.42. The smallest absolute Gasteiger partial charge is 0.362 e. The number of aromatic amines is 1. The van der Waals surface area contributed by atoms with E-state index in [1.165, 1.54) is 0 Å². The van der Waals surface area contributed by atoms with Gasteiger partial charge in [0.1, 0.15) is 5.75 Å². The van der Waals surface area contributed by atoms with Crippen LogP contribution in [0.4, 0.5) is 0 Å². The first-order valence-electron chi connectivity index (χ1n) is 5.73. The third kappa shape index (κ3) is 2.98. The molecule has 19 heavy (non-hydrogen) atoms. The van der Waals surface area contributed by atoms with Gasteiger partial charge >= 0.3 is 5.97 Å². The molecule has 2 aromatic rings. The minimum absolute atomic E-state index is 0.0830. The summed E-state index contributed by atoms with van der Waals surface area (Å²) >= 11 is 0. The van der Waals surface area contributed by atoms with Crippen molar-refractivity contribution >= 4 is 12.0 Å². The highest BCUT2D eigenvalue weighted by molar-refractivity contribution is 5.89. The molecule has 0 unspecified atom stereocenters. The number of H-pyrrole nitrogens is 1. The topological polar surface area (TPSA) is 77.1 Å². The minimum Gasteiger partial charge on any atom is -0.461 e. The Hall–Kier alpha value is -2.63. The van der Waals surface area contributed by atoms with E-state index in [0.29, 0.717) is 5.75 Å². The molecule has 0 aliphatic heterocycles. The van der Waals surface area contributed by atoms with Crippen LogP contribution in [-0.2, 0) is 4.74 Å². The number of esters is 1. The average molecular weight is 259 g/mol. The molecular formula is C13H13N3O3. The van der Waals surface area contributed by atoms with E-state index < -0.39 is 5.97 Å². The highest BCUT2D eigenvalue weighted by Crippen LogP contribution is 2.23. The summed E-state index contributed by atoms with van der Waals surface area (Å²) in [6.45, 7) is 5.66. The Kier molecular flexibility index (Phi) is 3.92. The van der Waals surface area contributed by atoms with Crippen LogP contribution in [0.25, 0.3) is 6.08 Å². The molecule has 0 radical (unpaired) electrons. The largest absolute Gasteiger partial charge is 0.461 e. The van der Waals surface area contributed by atoms with E-state index >= 15 is 0 Å². The number of benzene rings is 1. The molecule has 1 heterocycles. The summed E-state index contributed by atoms with van der Waals surface area (Å²) in [7, 11) is 0. The zero-order valence-electron chi connectivity index (χ0n) is 10.4. The first-order valence-corrected chi connectivity index (χ1v) is 5.73. The van der Waals surface area contributed by atoms with Gasteiger partial charge in [-0.2, -0.15) is 0 Å². The summed E-state index contributed by atoms with van der Waals surface area (Å²) in [6, 6.07) is 7.22. The van der Waals surface area contributed by atoms with E-state index in [2.05, 4.69) is 22.0 Å². The van der Waals surface area contributed by atoms with E-state index in [4.69, 9.17) is 9.47 Å². The molecule has 98 valence electrons. The van der Waals surface area contributed by atoms with E-state index in [0.717, 1.165) is 5.56 Å². The molecule has 0 atom stereocenters. The maximum Gasteiger partial charge on any atom is 0.362 e. The van der Waals surface area contributed by atoms with Crippen LogP contribution in [0.1, 0.15) is 23.0 Å². The van der Waals surface area contributed by atoms with Crippen LogP contribution in [0.2, 0.25) is 0 Å². The van der Waals surface area contributed by atoms with Gasteiger partial charge < -0.3 is 9.47 Å². The molecule has 0 saturated heterocycles. The third-order valence-corrected chi connectivity index (χ3v) is 2.30. The van der Waals surface area contributed by atoms with E-state index in [1.54, 1.807) is 25.1 Å². The lowest BCUT2D eigenvalue weighted by atomic mass is 10.2. The van der Waals surface area contributed by atoms with Gasteiger partial charge in [0, 0.05) is 0 Å². The van der Waals surface area contributed by atoms with Crippen LogP contribution in [0, 0.1) is 0 Å². The predicted molar refractivity (Wildman–Crippen MR) is 68.9 cm³/mol. The highest BCUT2D eigenvalue weighted by Gasteiger charge is 2.18. The Labute approximate surface area is 110 Å². The first kappa shape index (κ1) is 12.8. The van der Waals surface area contributed by atoms with Gasteiger partial charge in [-0.05, 0) is 24.6 Å². The summed E-state index contributed by atoms with van der Waals surface area (Å²) in [6.07, 6.45) is 1.70. The van der Waals surface area contributed by atoms with E-state index in [-0.39, 0.29) is 18.2 Å². The number of nitrogens with one attached hydrogen (secondary N) is 1. The van der Waals surface area contributed by atoms with Gasteiger partial charge in [0.2, 0.25) is 5.69 Å². The quantitative estimate of drug-likeness (QED) is 0.834. The molecule has 6 heteroatoms. The molecule has 0 spiro atoms.